The van der Waals surface area contributed by atoms with Gasteiger partial charge in [0.05, 0.1) is 13.0 Å². The van der Waals surface area contributed by atoms with E-state index in [9.17, 15) is 4.79 Å². The van der Waals surface area contributed by atoms with E-state index in [1.54, 1.807) is 13.8 Å². The van der Waals surface area contributed by atoms with Crippen LogP contribution in [0.4, 0.5) is 5.69 Å². The maximum atomic E-state index is 11.9. The second kappa shape index (κ2) is 6.43. The number of ether oxygens (including phenoxy) is 1. The lowest BCUT2D eigenvalue weighted by atomic mass is 10.1. The van der Waals surface area contributed by atoms with E-state index in [-0.39, 0.29) is 12.3 Å². The van der Waals surface area contributed by atoms with Gasteiger partial charge in [-0.25, -0.2) is 0 Å². The van der Waals surface area contributed by atoms with Crippen LogP contribution in [0.2, 0.25) is 0 Å². The van der Waals surface area contributed by atoms with Gasteiger partial charge in [-0.15, -0.1) is 0 Å². The maximum absolute atomic E-state index is 11.9. The molecule has 1 N–H and O–H groups in total. The van der Waals surface area contributed by atoms with Crippen molar-refractivity contribution in [2.24, 2.45) is 0 Å². The number of benzene rings is 1. The zero-order valence-corrected chi connectivity index (χ0v) is 12.8. The highest BCUT2D eigenvalue weighted by atomic mass is 16.5. The average molecular weight is 288 g/mol. The molecule has 5 heteroatoms. The van der Waals surface area contributed by atoms with Gasteiger partial charge in [0.15, 0.2) is 5.76 Å². The van der Waals surface area contributed by atoms with Crippen molar-refractivity contribution in [3.8, 4) is 5.75 Å². The first-order valence-corrected chi connectivity index (χ1v) is 6.90. The fourth-order valence-electron chi connectivity index (χ4n) is 1.93. The van der Waals surface area contributed by atoms with Gasteiger partial charge < -0.3 is 14.6 Å². The van der Waals surface area contributed by atoms with Crippen molar-refractivity contribution in [2.45, 2.75) is 34.1 Å². The van der Waals surface area contributed by atoms with Crippen molar-refractivity contribution in [3.05, 3.63) is 40.8 Å². The van der Waals surface area contributed by atoms with Gasteiger partial charge in [-0.2, -0.15) is 0 Å². The normalized spacial score (nSPS) is 10.5. The molecule has 0 saturated carbocycles. The molecule has 2 rings (SSSR count). The number of anilines is 1. The van der Waals surface area contributed by atoms with Crippen LogP contribution in [0.15, 0.2) is 22.7 Å². The molecule has 1 aromatic carbocycles. The lowest BCUT2D eigenvalue weighted by Gasteiger charge is -2.08. The number of hydrogen-bond donors (Lipinski definition) is 1. The number of hydrogen-bond acceptors (Lipinski definition) is 4. The van der Waals surface area contributed by atoms with Crippen LogP contribution < -0.4 is 10.1 Å². The number of rotatable bonds is 5. The molecular formula is C16H20N2O3. The molecule has 0 atom stereocenters. The Morgan fingerprint density at radius 2 is 2.00 bits per heavy atom. The van der Waals surface area contributed by atoms with Gasteiger partial charge in [-0.1, -0.05) is 11.2 Å². The standard InChI is InChI=1S/C16H20N2O3/c1-10-5-6-14(9-11(10)2)20-8-7-15(19)17-16-12(3)18-21-13(16)4/h5-6,9H,7-8H2,1-4H3,(H,17,19). The molecule has 1 amide bonds. The van der Waals surface area contributed by atoms with E-state index < -0.39 is 0 Å². The number of carbonyl (C=O) groups excluding carboxylic acids is 1. The summed E-state index contributed by atoms with van der Waals surface area (Å²) >= 11 is 0. The summed E-state index contributed by atoms with van der Waals surface area (Å²) < 4.78 is 10.6. The minimum Gasteiger partial charge on any atom is -0.493 e. The molecule has 21 heavy (non-hydrogen) atoms. The third kappa shape index (κ3) is 3.84. The van der Waals surface area contributed by atoms with Gasteiger partial charge in [-0.05, 0) is 51.0 Å². The smallest absolute Gasteiger partial charge is 0.227 e. The molecule has 1 heterocycles. The molecule has 0 bridgehead atoms. The molecule has 0 aliphatic carbocycles. The Labute approximate surface area is 124 Å². The first kappa shape index (κ1) is 15.1. The molecule has 0 radical (unpaired) electrons. The number of aryl methyl sites for hydroxylation is 4. The zero-order chi connectivity index (χ0) is 15.4. The number of nitrogens with zero attached hydrogens (tertiary/aromatic N) is 1. The summed E-state index contributed by atoms with van der Waals surface area (Å²) in [6.07, 6.45) is 0.275. The Morgan fingerprint density at radius 3 is 2.62 bits per heavy atom. The van der Waals surface area contributed by atoms with Crippen LogP contribution >= 0.6 is 0 Å². The van der Waals surface area contributed by atoms with E-state index in [1.165, 1.54) is 11.1 Å². The van der Waals surface area contributed by atoms with Crippen LogP contribution in [0.1, 0.15) is 29.0 Å². The molecule has 0 saturated heterocycles. The molecule has 2 aromatic rings. The number of nitrogens with one attached hydrogen (secondary N) is 1. The molecule has 1 aromatic heterocycles. The highest BCUT2D eigenvalue weighted by molar-refractivity contribution is 5.91. The molecule has 0 aliphatic rings. The average Bonchev–Trinajstić information content (AvgIpc) is 2.75. The quantitative estimate of drug-likeness (QED) is 0.916. The van der Waals surface area contributed by atoms with E-state index in [1.807, 2.05) is 25.1 Å². The SMILES string of the molecule is Cc1ccc(OCCC(=O)Nc2c(C)noc2C)cc1C. The lowest BCUT2D eigenvalue weighted by molar-refractivity contribution is -0.116. The molecule has 0 fully saturated rings. The monoisotopic (exact) mass is 288 g/mol. The van der Waals surface area contributed by atoms with E-state index in [0.717, 1.165) is 5.75 Å². The summed E-state index contributed by atoms with van der Waals surface area (Å²) in [4.78, 5) is 11.9. The van der Waals surface area contributed by atoms with Gasteiger partial charge in [0.2, 0.25) is 5.91 Å². The first-order valence-electron chi connectivity index (χ1n) is 6.90. The number of aromatic nitrogens is 1. The van der Waals surface area contributed by atoms with Crippen molar-refractivity contribution in [2.75, 3.05) is 11.9 Å². The van der Waals surface area contributed by atoms with Crippen LogP contribution in [0.5, 0.6) is 5.75 Å². The van der Waals surface area contributed by atoms with Gasteiger partial charge in [0.25, 0.3) is 0 Å². The van der Waals surface area contributed by atoms with Crippen LogP contribution in [-0.4, -0.2) is 17.7 Å². The van der Waals surface area contributed by atoms with Crippen LogP contribution in [0.3, 0.4) is 0 Å². The van der Waals surface area contributed by atoms with Gasteiger partial charge in [0.1, 0.15) is 17.1 Å². The Balaban J connectivity index is 1.83. The largest absolute Gasteiger partial charge is 0.493 e. The lowest BCUT2D eigenvalue weighted by Crippen LogP contribution is -2.16. The van der Waals surface area contributed by atoms with Crippen molar-refractivity contribution < 1.29 is 14.1 Å². The minimum atomic E-state index is -0.117. The fraction of sp³-hybridized carbons (Fsp3) is 0.375. The van der Waals surface area contributed by atoms with E-state index in [2.05, 4.69) is 17.4 Å². The topological polar surface area (TPSA) is 64.4 Å². The molecule has 5 nitrogen and oxygen atoms in total. The first-order chi connectivity index (χ1) is 9.97. The number of amides is 1. The van der Waals surface area contributed by atoms with Crippen LogP contribution in [0.25, 0.3) is 0 Å². The van der Waals surface area contributed by atoms with Crippen molar-refractivity contribution in [1.82, 2.24) is 5.16 Å². The predicted molar refractivity (Wildman–Crippen MR) is 80.6 cm³/mol. The molecule has 0 aliphatic heterocycles. The summed E-state index contributed by atoms with van der Waals surface area (Å²) in [6, 6.07) is 5.89. The van der Waals surface area contributed by atoms with Crippen molar-refractivity contribution >= 4 is 11.6 Å². The summed E-state index contributed by atoms with van der Waals surface area (Å²) in [7, 11) is 0. The molecule has 0 unspecified atom stereocenters. The van der Waals surface area contributed by atoms with Gasteiger partial charge >= 0.3 is 0 Å². The van der Waals surface area contributed by atoms with E-state index in [0.29, 0.717) is 23.7 Å². The fourth-order valence-corrected chi connectivity index (χ4v) is 1.93. The predicted octanol–water partition coefficient (Wildman–Crippen LogP) is 3.32. The number of carbonyl (C=O) groups is 1. The molecular weight excluding hydrogens is 268 g/mol. The van der Waals surface area contributed by atoms with Crippen molar-refractivity contribution in [1.29, 1.82) is 0 Å². The Bertz CT molecular complexity index is 627. The summed E-state index contributed by atoms with van der Waals surface area (Å²) in [5, 5.41) is 6.58. The van der Waals surface area contributed by atoms with Crippen LogP contribution in [-0.2, 0) is 4.79 Å². The molecule has 0 spiro atoms. The third-order valence-corrected chi connectivity index (χ3v) is 3.37. The maximum Gasteiger partial charge on any atom is 0.227 e. The highest BCUT2D eigenvalue weighted by Crippen LogP contribution is 2.19. The Kier molecular flexibility index (Phi) is 4.62. The van der Waals surface area contributed by atoms with E-state index >= 15 is 0 Å². The molecule has 112 valence electrons. The second-order valence-corrected chi connectivity index (χ2v) is 5.09. The Morgan fingerprint density at radius 1 is 1.24 bits per heavy atom. The zero-order valence-electron chi connectivity index (χ0n) is 12.8. The highest BCUT2D eigenvalue weighted by Gasteiger charge is 2.12. The second-order valence-electron chi connectivity index (χ2n) is 5.09. The Hall–Kier alpha value is -2.30. The van der Waals surface area contributed by atoms with Crippen molar-refractivity contribution in [3.63, 3.8) is 0 Å². The summed E-state index contributed by atoms with van der Waals surface area (Å²) in [5.74, 6) is 1.27. The summed E-state index contributed by atoms with van der Waals surface area (Å²) in [6.45, 7) is 7.97. The van der Waals surface area contributed by atoms with E-state index in [4.69, 9.17) is 9.26 Å². The van der Waals surface area contributed by atoms with Gasteiger partial charge in [-0.3, -0.25) is 4.79 Å². The van der Waals surface area contributed by atoms with Gasteiger partial charge in [0, 0.05) is 0 Å². The minimum absolute atomic E-state index is 0.117. The summed E-state index contributed by atoms with van der Waals surface area (Å²) in [5.41, 5.74) is 3.72. The van der Waals surface area contributed by atoms with Crippen LogP contribution in [0, 0.1) is 27.7 Å². The third-order valence-electron chi connectivity index (χ3n) is 3.37.